The highest BCUT2D eigenvalue weighted by molar-refractivity contribution is 8.01. The maximum atomic E-state index is 11.9. The van der Waals surface area contributed by atoms with Gasteiger partial charge >= 0.3 is 5.97 Å². The Morgan fingerprint density at radius 1 is 1.38 bits per heavy atom. The van der Waals surface area contributed by atoms with Crippen LogP contribution >= 0.6 is 11.8 Å². The summed E-state index contributed by atoms with van der Waals surface area (Å²) in [7, 11) is 0. The molecule has 9 heteroatoms. The summed E-state index contributed by atoms with van der Waals surface area (Å²) in [6, 6.07) is 7.86. The zero-order valence-corrected chi connectivity index (χ0v) is 14.2. The molecule has 0 radical (unpaired) electrons. The lowest BCUT2D eigenvalue weighted by molar-refractivity contribution is -0.144. The Balaban J connectivity index is 1.88. The minimum Gasteiger partial charge on any atom is -0.484 e. The molecule has 0 aliphatic carbocycles. The molecule has 1 unspecified atom stereocenters. The summed E-state index contributed by atoms with van der Waals surface area (Å²) >= 11 is 1.29. The lowest BCUT2D eigenvalue weighted by atomic mass is 10.0. The fourth-order valence-corrected chi connectivity index (χ4v) is 3.99. The van der Waals surface area contributed by atoms with Crippen LogP contribution in [0.4, 0.5) is 0 Å². The van der Waals surface area contributed by atoms with Gasteiger partial charge in [0.05, 0.1) is 5.29 Å². The van der Waals surface area contributed by atoms with Crippen molar-refractivity contribution in [1.29, 1.82) is 0 Å². The Bertz CT molecular complexity index is 610. The first-order chi connectivity index (χ1) is 11.3. The van der Waals surface area contributed by atoms with Gasteiger partial charge in [0, 0.05) is 11.3 Å². The number of carboxylic acids is 1. The Labute approximate surface area is 143 Å². The molecule has 2 atom stereocenters. The lowest BCUT2D eigenvalue weighted by Crippen LogP contribution is -2.47. The quantitative estimate of drug-likeness (QED) is 0.715. The van der Waals surface area contributed by atoms with Crippen molar-refractivity contribution in [2.24, 2.45) is 5.29 Å². The second kappa shape index (κ2) is 7.52. The molecule has 0 saturated carbocycles. The van der Waals surface area contributed by atoms with Gasteiger partial charge in [-0.15, -0.1) is 16.7 Å². The molecule has 0 bridgehead atoms. The average Bonchev–Trinajstić information content (AvgIpc) is 2.81. The first-order valence-corrected chi connectivity index (χ1v) is 8.20. The van der Waals surface area contributed by atoms with E-state index in [4.69, 9.17) is 4.74 Å². The number of hydrogen-bond donors (Lipinski definition) is 2. The van der Waals surface area contributed by atoms with Crippen molar-refractivity contribution in [3.05, 3.63) is 35.2 Å². The van der Waals surface area contributed by atoms with Crippen molar-refractivity contribution >= 4 is 23.6 Å². The first-order valence-electron chi connectivity index (χ1n) is 7.32. The van der Waals surface area contributed by atoms with E-state index in [1.54, 1.807) is 38.1 Å². The fourth-order valence-electron chi connectivity index (χ4n) is 2.52. The number of hydrogen-bond acceptors (Lipinski definition) is 6. The normalized spacial score (nSPS) is 22.0. The topological polar surface area (TPSA) is 108 Å². The fraction of sp³-hybridized carbons (Fsp3) is 0.467. The van der Waals surface area contributed by atoms with Gasteiger partial charge in [0.2, 0.25) is 0 Å². The van der Waals surface area contributed by atoms with Gasteiger partial charge in [0.15, 0.2) is 12.6 Å². The molecule has 2 N–H and O–H groups in total. The maximum absolute atomic E-state index is 11.9. The van der Waals surface area contributed by atoms with Gasteiger partial charge in [0.1, 0.15) is 11.1 Å². The summed E-state index contributed by atoms with van der Waals surface area (Å²) in [5.41, 5.74) is 0. The number of nitrogens with zero attached hydrogens (tertiary/aromatic N) is 2. The van der Waals surface area contributed by atoms with Gasteiger partial charge in [-0.1, -0.05) is 18.2 Å². The van der Waals surface area contributed by atoms with Crippen molar-refractivity contribution in [2.75, 3.05) is 13.2 Å². The summed E-state index contributed by atoms with van der Waals surface area (Å²) in [4.78, 5) is 34.3. The molecular weight excluding hydrogens is 334 g/mol. The number of benzene rings is 1. The van der Waals surface area contributed by atoms with E-state index >= 15 is 0 Å². The molecule has 0 aromatic heterocycles. The number of nitrogens with one attached hydrogen (secondary N) is 1. The van der Waals surface area contributed by atoms with Crippen molar-refractivity contribution in [3.8, 4) is 5.75 Å². The van der Waals surface area contributed by atoms with Gasteiger partial charge in [-0.25, -0.2) is 9.80 Å². The number of aliphatic carboxylic acids is 1. The van der Waals surface area contributed by atoms with E-state index < -0.39 is 22.1 Å². The van der Waals surface area contributed by atoms with Gasteiger partial charge in [-0.2, -0.15) is 0 Å². The number of rotatable bonds is 7. The summed E-state index contributed by atoms with van der Waals surface area (Å²) in [5.74, 6) is -0.902. The van der Waals surface area contributed by atoms with Crippen molar-refractivity contribution in [1.82, 2.24) is 10.3 Å². The number of carboxylic acid groups (broad SMARTS) is 1. The molecule has 1 amide bonds. The zero-order valence-electron chi connectivity index (χ0n) is 13.3. The van der Waals surface area contributed by atoms with Gasteiger partial charge < -0.3 is 15.2 Å². The van der Waals surface area contributed by atoms with E-state index in [2.05, 4.69) is 10.6 Å². The third-order valence-electron chi connectivity index (χ3n) is 3.57. The van der Waals surface area contributed by atoms with Gasteiger partial charge in [0.25, 0.3) is 5.91 Å². The molecule has 1 heterocycles. The van der Waals surface area contributed by atoms with E-state index in [0.29, 0.717) is 5.75 Å². The van der Waals surface area contributed by atoms with Crippen LogP contribution < -0.4 is 10.1 Å². The van der Waals surface area contributed by atoms with Crippen LogP contribution in [0.25, 0.3) is 0 Å². The maximum Gasteiger partial charge on any atom is 0.329 e. The van der Waals surface area contributed by atoms with E-state index in [9.17, 15) is 19.6 Å². The Morgan fingerprint density at radius 3 is 2.62 bits per heavy atom. The first kappa shape index (κ1) is 18.1. The molecule has 8 nitrogen and oxygen atoms in total. The van der Waals surface area contributed by atoms with E-state index in [1.807, 2.05) is 6.07 Å². The van der Waals surface area contributed by atoms with Crippen LogP contribution in [0.5, 0.6) is 5.75 Å². The van der Waals surface area contributed by atoms with Crippen LogP contribution in [0.15, 0.2) is 35.6 Å². The molecular formula is C15H19N3O5S. The molecule has 1 fully saturated rings. The largest absolute Gasteiger partial charge is 0.484 e. The van der Waals surface area contributed by atoms with Crippen molar-refractivity contribution in [2.45, 2.75) is 30.0 Å². The molecule has 1 aromatic rings. The number of ether oxygens (including phenoxy) is 1. The molecule has 130 valence electrons. The second-order valence-electron chi connectivity index (χ2n) is 5.78. The molecule has 1 saturated heterocycles. The summed E-state index contributed by atoms with van der Waals surface area (Å²) < 4.78 is 4.63. The highest BCUT2D eigenvalue weighted by Crippen LogP contribution is 2.44. The SMILES string of the molecule is CC1(C)SC(CNC(=O)COc2ccccc2)N(N=O)[C@H]1C(=O)O. The predicted molar refractivity (Wildman–Crippen MR) is 89.5 cm³/mol. The highest BCUT2D eigenvalue weighted by Gasteiger charge is 2.52. The van der Waals surface area contributed by atoms with Crippen LogP contribution in [-0.2, 0) is 9.59 Å². The standard InChI is InChI=1S/C15H19N3O5S/c1-15(2)13(14(20)21)18(17-22)12(24-15)8-16-11(19)9-23-10-6-4-3-5-7-10/h3-7,12-13H,8-9H2,1-2H3,(H,16,19)(H,20,21)/t12?,13-/m0/s1. The van der Waals surface area contributed by atoms with Gasteiger partial charge in [-0.3, -0.25) is 4.79 Å². The number of carbonyl (C=O) groups is 2. The molecule has 0 spiro atoms. The Kier molecular flexibility index (Phi) is 5.66. The minimum atomic E-state index is -1.12. The van der Waals surface area contributed by atoms with Crippen molar-refractivity contribution < 1.29 is 19.4 Å². The van der Waals surface area contributed by atoms with Crippen molar-refractivity contribution in [3.63, 3.8) is 0 Å². The molecule has 1 aliphatic heterocycles. The smallest absolute Gasteiger partial charge is 0.329 e. The number of thioether (sulfide) groups is 1. The van der Waals surface area contributed by atoms with E-state index in [1.165, 1.54) is 11.8 Å². The Morgan fingerprint density at radius 2 is 2.04 bits per heavy atom. The van der Waals surface area contributed by atoms with Crippen LogP contribution in [0.2, 0.25) is 0 Å². The summed E-state index contributed by atoms with van der Waals surface area (Å²) in [6.45, 7) is 3.40. The molecule has 24 heavy (non-hydrogen) atoms. The minimum absolute atomic E-state index is 0.0978. The summed E-state index contributed by atoms with van der Waals surface area (Å²) in [6.07, 6.45) is 0. The molecule has 1 aliphatic rings. The Hall–Kier alpha value is -2.29. The highest BCUT2D eigenvalue weighted by atomic mass is 32.2. The average molecular weight is 353 g/mol. The number of para-hydroxylation sites is 1. The lowest BCUT2D eigenvalue weighted by Gasteiger charge is -2.24. The molecule has 1 aromatic carbocycles. The number of nitroso groups, excluding NO2 is 1. The predicted octanol–water partition coefficient (Wildman–Crippen LogP) is 1.47. The number of carbonyl (C=O) groups excluding carboxylic acids is 1. The number of amides is 1. The molecule has 2 rings (SSSR count). The second-order valence-corrected chi connectivity index (χ2v) is 7.62. The third-order valence-corrected chi connectivity index (χ3v) is 5.06. The summed E-state index contributed by atoms with van der Waals surface area (Å²) in [5, 5.41) is 15.2. The van der Waals surface area contributed by atoms with Crippen LogP contribution in [0.3, 0.4) is 0 Å². The van der Waals surface area contributed by atoms with E-state index in [-0.39, 0.29) is 19.1 Å². The van der Waals surface area contributed by atoms with Crippen LogP contribution in [0.1, 0.15) is 13.8 Å². The van der Waals surface area contributed by atoms with Crippen LogP contribution in [0, 0.1) is 4.91 Å². The van der Waals surface area contributed by atoms with E-state index in [0.717, 1.165) is 5.01 Å². The van der Waals surface area contributed by atoms with Gasteiger partial charge in [-0.05, 0) is 26.0 Å². The third kappa shape index (κ3) is 4.16. The zero-order chi connectivity index (χ0) is 17.7. The monoisotopic (exact) mass is 353 g/mol. The van der Waals surface area contributed by atoms with Crippen LogP contribution in [-0.4, -0.2) is 51.3 Å².